The van der Waals surface area contributed by atoms with Gasteiger partial charge in [-0.3, -0.25) is 9.69 Å². The molecule has 0 spiro atoms. The fraction of sp³-hybridized carbons (Fsp3) is 0.625. The molecule has 1 fully saturated rings. The zero-order valence-corrected chi connectivity index (χ0v) is 19.1. The first kappa shape index (κ1) is 22.7. The lowest BCUT2D eigenvalue weighted by molar-refractivity contribution is -0.122. The molecular formula is C24H35N5O3. The molecule has 2 aliphatic rings. The number of hydrogen-bond acceptors (Lipinski definition) is 6. The number of nitrogens with zero attached hydrogens (tertiary/aromatic N) is 4. The molecular weight excluding hydrogens is 406 g/mol. The summed E-state index contributed by atoms with van der Waals surface area (Å²) in [5.41, 5.74) is 1.06. The van der Waals surface area contributed by atoms with Crippen LogP contribution in [0.1, 0.15) is 55.2 Å². The SMILES string of the molecule is COCCOc1ccc(CNC(=O)CN2CCCC(c3nnc4n3CCCCC4)C2)cc1. The summed E-state index contributed by atoms with van der Waals surface area (Å²) in [5.74, 6) is 3.50. The zero-order valence-electron chi connectivity index (χ0n) is 19.1. The average molecular weight is 442 g/mol. The van der Waals surface area contributed by atoms with Gasteiger partial charge in [0, 0.05) is 39.1 Å². The molecule has 0 saturated carbocycles. The van der Waals surface area contributed by atoms with Crippen LogP contribution >= 0.6 is 0 Å². The Morgan fingerprint density at radius 2 is 1.97 bits per heavy atom. The van der Waals surface area contributed by atoms with Crippen molar-refractivity contribution in [2.24, 2.45) is 0 Å². The Kier molecular flexibility index (Phi) is 8.12. The van der Waals surface area contributed by atoms with Gasteiger partial charge in [0.25, 0.3) is 0 Å². The summed E-state index contributed by atoms with van der Waals surface area (Å²) in [4.78, 5) is 14.8. The molecule has 1 aromatic carbocycles. The largest absolute Gasteiger partial charge is 0.491 e. The second kappa shape index (κ2) is 11.4. The molecule has 8 heteroatoms. The maximum atomic E-state index is 12.6. The fourth-order valence-electron chi connectivity index (χ4n) is 4.63. The second-order valence-corrected chi connectivity index (χ2v) is 8.77. The van der Waals surface area contributed by atoms with Gasteiger partial charge in [-0.15, -0.1) is 10.2 Å². The number of carbonyl (C=O) groups excluding carboxylic acids is 1. The van der Waals surface area contributed by atoms with Crippen LogP contribution in [0.25, 0.3) is 0 Å². The number of aromatic nitrogens is 3. The molecule has 0 bridgehead atoms. The third kappa shape index (κ3) is 6.07. The Bertz CT molecular complexity index is 867. The van der Waals surface area contributed by atoms with E-state index in [-0.39, 0.29) is 5.91 Å². The lowest BCUT2D eigenvalue weighted by atomic mass is 9.97. The van der Waals surface area contributed by atoms with E-state index in [2.05, 4.69) is 25.0 Å². The number of carbonyl (C=O) groups is 1. The summed E-state index contributed by atoms with van der Waals surface area (Å²) < 4.78 is 12.9. The van der Waals surface area contributed by atoms with Gasteiger partial charge in [-0.2, -0.15) is 0 Å². The molecule has 3 heterocycles. The van der Waals surface area contributed by atoms with Crippen LogP contribution in [-0.4, -0.2) is 65.5 Å². The van der Waals surface area contributed by atoms with Gasteiger partial charge in [0.2, 0.25) is 5.91 Å². The fourth-order valence-corrected chi connectivity index (χ4v) is 4.63. The lowest BCUT2D eigenvalue weighted by Crippen LogP contribution is -2.42. The highest BCUT2D eigenvalue weighted by Gasteiger charge is 2.28. The van der Waals surface area contributed by atoms with Gasteiger partial charge < -0.3 is 19.4 Å². The average Bonchev–Trinajstić information content (AvgIpc) is 3.07. The zero-order chi connectivity index (χ0) is 22.2. The standard InChI is InChI=1S/C24H35N5O3/c1-31-14-15-32-21-10-8-19(9-11-21)16-25-23(30)18-28-12-5-6-20(17-28)24-27-26-22-7-3-2-4-13-29(22)24/h8-11,20H,2-7,12-18H2,1H3,(H,25,30). The molecule has 1 atom stereocenters. The number of aryl methyl sites for hydroxylation is 1. The van der Waals surface area contributed by atoms with Gasteiger partial charge in [-0.25, -0.2) is 0 Å². The molecule has 1 amide bonds. The van der Waals surface area contributed by atoms with E-state index in [0.29, 0.717) is 32.2 Å². The molecule has 0 aliphatic carbocycles. The van der Waals surface area contributed by atoms with Crippen molar-refractivity contribution in [1.29, 1.82) is 0 Å². The monoisotopic (exact) mass is 441 g/mol. The van der Waals surface area contributed by atoms with Crippen LogP contribution in [0.3, 0.4) is 0 Å². The number of nitrogens with one attached hydrogen (secondary N) is 1. The van der Waals surface area contributed by atoms with Crippen LogP contribution in [0, 0.1) is 0 Å². The van der Waals surface area contributed by atoms with E-state index in [0.717, 1.165) is 61.9 Å². The molecule has 2 aromatic rings. The van der Waals surface area contributed by atoms with E-state index in [1.807, 2.05) is 24.3 Å². The van der Waals surface area contributed by atoms with Crippen molar-refractivity contribution in [3.63, 3.8) is 0 Å². The maximum absolute atomic E-state index is 12.6. The predicted molar refractivity (Wildman–Crippen MR) is 122 cm³/mol. The van der Waals surface area contributed by atoms with Gasteiger partial charge in [-0.1, -0.05) is 18.6 Å². The third-order valence-corrected chi connectivity index (χ3v) is 6.35. The van der Waals surface area contributed by atoms with Gasteiger partial charge in [0.1, 0.15) is 24.0 Å². The highest BCUT2D eigenvalue weighted by atomic mass is 16.5. The van der Waals surface area contributed by atoms with Crippen molar-refractivity contribution in [1.82, 2.24) is 25.0 Å². The van der Waals surface area contributed by atoms with Gasteiger partial charge in [0.15, 0.2) is 0 Å². The minimum Gasteiger partial charge on any atom is -0.491 e. The Morgan fingerprint density at radius 3 is 2.81 bits per heavy atom. The molecule has 174 valence electrons. The number of benzene rings is 1. The molecule has 2 aliphatic heterocycles. The number of hydrogen-bond donors (Lipinski definition) is 1. The van der Waals surface area contributed by atoms with Gasteiger partial charge in [-0.05, 0) is 49.9 Å². The van der Waals surface area contributed by atoms with Crippen molar-refractivity contribution in [3.8, 4) is 5.75 Å². The van der Waals surface area contributed by atoms with Crippen molar-refractivity contribution < 1.29 is 14.3 Å². The maximum Gasteiger partial charge on any atom is 0.234 e. The molecule has 1 aromatic heterocycles. The smallest absolute Gasteiger partial charge is 0.234 e. The first-order valence-electron chi connectivity index (χ1n) is 11.8. The van der Waals surface area contributed by atoms with Crippen LogP contribution < -0.4 is 10.1 Å². The number of ether oxygens (including phenoxy) is 2. The lowest BCUT2D eigenvalue weighted by Gasteiger charge is -2.31. The third-order valence-electron chi connectivity index (χ3n) is 6.35. The predicted octanol–water partition coefficient (Wildman–Crippen LogP) is 2.53. The molecule has 1 saturated heterocycles. The minimum atomic E-state index is 0.0612. The highest BCUT2D eigenvalue weighted by Crippen LogP contribution is 2.27. The van der Waals surface area contributed by atoms with Crippen LogP contribution in [0.15, 0.2) is 24.3 Å². The topological polar surface area (TPSA) is 81.5 Å². The Balaban J connectivity index is 1.24. The molecule has 1 N–H and O–H groups in total. The van der Waals surface area contributed by atoms with Gasteiger partial charge in [0.05, 0.1) is 13.2 Å². The minimum absolute atomic E-state index is 0.0612. The van der Waals surface area contributed by atoms with Gasteiger partial charge >= 0.3 is 0 Å². The summed E-state index contributed by atoms with van der Waals surface area (Å²) in [6.45, 7) is 4.90. The first-order chi connectivity index (χ1) is 15.7. The number of methoxy groups -OCH3 is 1. The van der Waals surface area contributed by atoms with Crippen molar-refractivity contribution >= 4 is 5.91 Å². The molecule has 0 radical (unpaired) electrons. The highest BCUT2D eigenvalue weighted by molar-refractivity contribution is 5.78. The number of piperidine rings is 1. The van der Waals surface area contributed by atoms with Crippen molar-refractivity contribution in [2.75, 3.05) is 40.0 Å². The normalized spacial score (nSPS) is 19.2. The van der Waals surface area contributed by atoms with Crippen LogP contribution in [-0.2, 0) is 29.0 Å². The Hall–Kier alpha value is -2.45. The van der Waals surface area contributed by atoms with Crippen LogP contribution in [0.4, 0.5) is 0 Å². The molecule has 32 heavy (non-hydrogen) atoms. The summed E-state index contributed by atoms with van der Waals surface area (Å²) >= 11 is 0. The van der Waals surface area contributed by atoms with E-state index in [1.165, 1.54) is 19.3 Å². The number of fused-ring (bicyclic) bond motifs is 1. The summed E-state index contributed by atoms with van der Waals surface area (Å²) in [7, 11) is 1.65. The molecule has 8 nitrogen and oxygen atoms in total. The molecule has 4 rings (SSSR count). The van der Waals surface area contributed by atoms with E-state index >= 15 is 0 Å². The van der Waals surface area contributed by atoms with Crippen LogP contribution in [0.2, 0.25) is 0 Å². The summed E-state index contributed by atoms with van der Waals surface area (Å²) in [6, 6.07) is 7.81. The van der Waals surface area contributed by atoms with E-state index in [9.17, 15) is 4.79 Å². The Morgan fingerprint density at radius 1 is 1.09 bits per heavy atom. The van der Waals surface area contributed by atoms with Crippen molar-refractivity contribution in [3.05, 3.63) is 41.5 Å². The van der Waals surface area contributed by atoms with Crippen molar-refractivity contribution in [2.45, 2.75) is 57.5 Å². The summed E-state index contributed by atoms with van der Waals surface area (Å²) in [5, 5.41) is 12.1. The Labute approximate surface area is 190 Å². The number of amides is 1. The first-order valence-corrected chi connectivity index (χ1v) is 11.8. The van der Waals surface area contributed by atoms with E-state index in [1.54, 1.807) is 7.11 Å². The van der Waals surface area contributed by atoms with Crippen LogP contribution in [0.5, 0.6) is 5.75 Å². The number of rotatable bonds is 9. The molecule has 1 unspecified atom stereocenters. The number of likely N-dealkylation sites (tertiary alicyclic amines) is 1. The van der Waals surface area contributed by atoms with E-state index < -0.39 is 0 Å². The summed E-state index contributed by atoms with van der Waals surface area (Å²) in [6.07, 6.45) is 6.92. The second-order valence-electron chi connectivity index (χ2n) is 8.77. The quantitative estimate of drug-likeness (QED) is 0.603. The van der Waals surface area contributed by atoms with E-state index in [4.69, 9.17) is 9.47 Å².